The fourth-order valence-corrected chi connectivity index (χ4v) is 5.25. The molecule has 0 saturated carbocycles. The van der Waals surface area contributed by atoms with E-state index < -0.39 is 22.5 Å². The van der Waals surface area contributed by atoms with Crippen LogP contribution in [-0.4, -0.2) is 33.4 Å². The predicted octanol–water partition coefficient (Wildman–Crippen LogP) is 3.13. The Hall–Kier alpha value is -3.70. The molecule has 0 bridgehead atoms. The van der Waals surface area contributed by atoms with Crippen molar-refractivity contribution in [2.75, 3.05) is 12.9 Å². The van der Waals surface area contributed by atoms with E-state index in [9.17, 15) is 24.8 Å². The first kappa shape index (κ1) is 24.4. The molecule has 0 saturated heterocycles. The number of carbonyl (C=O) groups is 1. The average molecular weight is 512 g/mol. The number of hydrogen-bond acceptors (Lipinski definition) is 9. The molecule has 4 rings (SSSR count). The van der Waals surface area contributed by atoms with Gasteiger partial charge in [-0.3, -0.25) is 19.5 Å². The predicted molar refractivity (Wildman–Crippen MR) is 133 cm³/mol. The number of thioether (sulfide) groups is 1. The number of benzene rings is 2. The third-order valence-electron chi connectivity index (χ3n) is 5.46. The number of nitro groups is 1. The molecule has 2 heterocycles. The summed E-state index contributed by atoms with van der Waals surface area (Å²) in [6.45, 7) is 3.57. The Kier molecular flexibility index (Phi) is 6.90. The highest BCUT2D eigenvalue weighted by molar-refractivity contribution is 7.98. The van der Waals surface area contributed by atoms with Gasteiger partial charge in [-0.15, -0.1) is 11.8 Å². The summed E-state index contributed by atoms with van der Waals surface area (Å²) in [6.07, 6.45) is 3.35. The van der Waals surface area contributed by atoms with E-state index in [1.165, 1.54) is 28.8 Å². The lowest BCUT2D eigenvalue weighted by Crippen LogP contribution is -2.39. The van der Waals surface area contributed by atoms with Crippen LogP contribution in [0.25, 0.3) is 6.08 Å². The second-order valence-corrected chi connectivity index (χ2v) is 9.46. The minimum atomic E-state index is -0.762. The highest BCUT2D eigenvalue weighted by Gasteiger charge is 2.33. The van der Waals surface area contributed by atoms with E-state index in [1.807, 2.05) is 30.5 Å². The van der Waals surface area contributed by atoms with Crippen molar-refractivity contribution in [2.24, 2.45) is 4.99 Å². The van der Waals surface area contributed by atoms with Gasteiger partial charge in [-0.25, -0.2) is 9.79 Å². The summed E-state index contributed by atoms with van der Waals surface area (Å²) in [4.78, 5) is 43.0. The molecular formula is C24H21N3O6S2. The summed E-state index contributed by atoms with van der Waals surface area (Å²) >= 11 is 2.65. The summed E-state index contributed by atoms with van der Waals surface area (Å²) in [5.41, 5.74) is 0.897. The molecule has 1 atom stereocenters. The quantitative estimate of drug-likeness (QED) is 0.233. The van der Waals surface area contributed by atoms with Crippen molar-refractivity contribution in [1.29, 1.82) is 0 Å². The van der Waals surface area contributed by atoms with Crippen LogP contribution in [0.4, 0.5) is 5.69 Å². The van der Waals surface area contributed by atoms with Gasteiger partial charge in [0.25, 0.3) is 11.2 Å². The van der Waals surface area contributed by atoms with Crippen LogP contribution in [0.2, 0.25) is 0 Å². The minimum absolute atomic E-state index is 0.131. The molecule has 2 aromatic carbocycles. The lowest BCUT2D eigenvalue weighted by Gasteiger charge is -2.24. The smallest absolute Gasteiger partial charge is 0.338 e. The van der Waals surface area contributed by atoms with Crippen molar-refractivity contribution in [1.82, 2.24) is 4.57 Å². The first-order valence-electron chi connectivity index (χ1n) is 10.6. The Morgan fingerprint density at radius 3 is 2.66 bits per heavy atom. The van der Waals surface area contributed by atoms with Crippen LogP contribution in [0.5, 0.6) is 5.75 Å². The van der Waals surface area contributed by atoms with Crippen LogP contribution in [-0.2, 0) is 9.53 Å². The number of thiazole rings is 1. The van der Waals surface area contributed by atoms with Gasteiger partial charge in [0.1, 0.15) is 5.75 Å². The minimum Gasteiger partial charge on any atom is -0.507 e. The largest absolute Gasteiger partial charge is 0.507 e. The van der Waals surface area contributed by atoms with Crippen molar-refractivity contribution in [3.63, 3.8) is 0 Å². The molecule has 1 aromatic heterocycles. The van der Waals surface area contributed by atoms with Gasteiger partial charge in [-0.05, 0) is 49.9 Å². The third-order valence-corrected chi connectivity index (χ3v) is 7.18. The first-order chi connectivity index (χ1) is 16.7. The van der Waals surface area contributed by atoms with Gasteiger partial charge in [-0.1, -0.05) is 23.5 Å². The zero-order valence-electron chi connectivity index (χ0n) is 19.0. The number of hydrogen-bond donors (Lipinski definition) is 1. The SMILES string of the molecule is CCOC(=O)C1=C(C)N=c2s/c(=C/c3cc([N+](=O)[O-])ccc3O)c(=O)n2[C@H]1c1ccc(SC)cc1. The molecule has 0 amide bonds. The topological polar surface area (TPSA) is 124 Å². The summed E-state index contributed by atoms with van der Waals surface area (Å²) in [6, 6.07) is 10.4. The maximum Gasteiger partial charge on any atom is 0.338 e. The number of allylic oxidation sites excluding steroid dienone is 1. The molecule has 0 unspecified atom stereocenters. The Bertz CT molecular complexity index is 1540. The summed E-state index contributed by atoms with van der Waals surface area (Å²) in [7, 11) is 0. The summed E-state index contributed by atoms with van der Waals surface area (Å²) < 4.78 is 6.92. The van der Waals surface area contributed by atoms with E-state index >= 15 is 0 Å². The molecule has 3 aromatic rings. The van der Waals surface area contributed by atoms with Gasteiger partial charge in [-0.2, -0.15) is 0 Å². The summed E-state index contributed by atoms with van der Waals surface area (Å²) in [5.74, 6) is -0.757. The fourth-order valence-electron chi connectivity index (χ4n) is 3.81. The van der Waals surface area contributed by atoms with Gasteiger partial charge < -0.3 is 9.84 Å². The standard InChI is InChI=1S/C24H21N3O6S2/c1-4-33-23(30)20-13(2)25-24-26(21(20)14-5-8-17(34-3)9-6-14)22(29)19(35-24)12-15-11-16(27(31)32)7-10-18(15)28/h5-12,21,28H,4H2,1-3H3/b19-12+/t21-/m0/s1. The third kappa shape index (κ3) is 4.64. The Balaban J connectivity index is 1.95. The molecule has 1 aliphatic heterocycles. The molecule has 0 fully saturated rings. The second-order valence-electron chi connectivity index (χ2n) is 7.58. The van der Waals surface area contributed by atoms with Crippen molar-refractivity contribution >= 4 is 40.8 Å². The number of aromatic hydroxyl groups is 1. The zero-order valence-corrected chi connectivity index (χ0v) is 20.7. The zero-order chi connectivity index (χ0) is 25.3. The van der Waals surface area contributed by atoms with Crippen molar-refractivity contribution in [3.05, 3.63) is 94.7 Å². The number of aromatic nitrogens is 1. The van der Waals surface area contributed by atoms with E-state index in [0.29, 0.717) is 16.1 Å². The van der Waals surface area contributed by atoms with Gasteiger partial charge in [0.2, 0.25) is 0 Å². The molecule has 180 valence electrons. The second kappa shape index (κ2) is 9.88. The number of non-ortho nitro benzene ring substituents is 1. The number of esters is 1. The van der Waals surface area contributed by atoms with Gasteiger partial charge in [0.05, 0.1) is 33.4 Å². The van der Waals surface area contributed by atoms with Crippen molar-refractivity contribution < 1.29 is 19.6 Å². The van der Waals surface area contributed by atoms with Crippen LogP contribution >= 0.6 is 23.1 Å². The van der Waals surface area contributed by atoms with Crippen LogP contribution < -0.4 is 14.9 Å². The molecule has 1 aliphatic rings. The van der Waals surface area contributed by atoms with Crippen LogP contribution in [0.3, 0.4) is 0 Å². The molecule has 11 heteroatoms. The van der Waals surface area contributed by atoms with Crippen LogP contribution in [0, 0.1) is 10.1 Å². The van der Waals surface area contributed by atoms with Gasteiger partial charge in [0.15, 0.2) is 4.80 Å². The number of nitrogens with zero attached hydrogens (tertiary/aromatic N) is 3. The summed E-state index contributed by atoms with van der Waals surface area (Å²) in [5, 5.41) is 21.4. The Labute approximate surface area is 207 Å². The van der Waals surface area contributed by atoms with E-state index in [1.54, 1.807) is 25.6 Å². The van der Waals surface area contributed by atoms with Crippen LogP contribution in [0.1, 0.15) is 31.0 Å². The lowest BCUT2D eigenvalue weighted by molar-refractivity contribution is -0.384. The Morgan fingerprint density at radius 1 is 1.31 bits per heavy atom. The molecule has 0 spiro atoms. The maximum absolute atomic E-state index is 13.6. The number of carbonyl (C=O) groups excluding carboxylic acids is 1. The average Bonchev–Trinajstić information content (AvgIpc) is 3.14. The monoisotopic (exact) mass is 511 g/mol. The van der Waals surface area contributed by atoms with E-state index in [0.717, 1.165) is 16.2 Å². The number of fused-ring (bicyclic) bond motifs is 1. The Morgan fingerprint density at radius 2 is 2.03 bits per heavy atom. The number of phenolic OH excluding ortho intramolecular Hbond substituents is 1. The highest BCUT2D eigenvalue weighted by Crippen LogP contribution is 2.32. The molecule has 9 nitrogen and oxygen atoms in total. The lowest BCUT2D eigenvalue weighted by atomic mass is 9.96. The molecular weight excluding hydrogens is 490 g/mol. The van der Waals surface area contributed by atoms with Crippen LogP contribution in [0.15, 0.2) is 68.4 Å². The van der Waals surface area contributed by atoms with Crippen molar-refractivity contribution in [3.8, 4) is 5.75 Å². The van der Waals surface area contributed by atoms with E-state index in [2.05, 4.69) is 4.99 Å². The highest BCUT2D eigenvalue weighted by atomic mass is 32.2. The number of phenols is 1. The van der Waals surface area contributed by atoms with Gasteiger partial charge >= 0.3 is 5.97 Å². The molecule has 35 heavy (non-hydrogen) atoms. The van der Waals surface area contributed by atoms with Crippen molar-refractivity contribution in [2.45, 2.75) is 24.8 Å². The molecule has 1 N–H and O–H groups in total. The van der Waals surface area contributed by atoms with E-state index in [-0.39, 0.29) is 33.7 Å². The first-order valence-corrected chi connectivity index (χ1v) is 12.6. The fraction of sp³-hybridized carbons (Fsp3) is 0.208. The molecule has 0 radical (unpaired) electrons. The number of ether oxygens (including phenoxy) is 1. The maximum atomic E-state index is 13.6. The molecule has 0 aliphatic carbocycles. The number of rotatable bonds is 6. The normalized spacial score (nSPS) is 15.5. The van der Waals surface area contributed by atoms with E-state index in [4.69, 9.17) is 4.74 Å². The number of nitro benzene ring substituents is 1. The van der Waals surface area contributed by atoms with Gasteiger partial charge in [0, 0.05) is 22.6 Å².